The van der Waals surface area contributed by atoms with Gasteiger partial charge in [-0.1, -0.05) is 19.1 Å². The van der Waals surface area contributed by atoms with Crippen molar-refractivity contribution in [2.45, 2.75) is 20.3 Å². The second-order valence-electron chi connectivity index (χ2n) is 4.41. The Morgan fingerprint density at radius 2 is 1.68 bits per heavy atom. The molecule has 0 aliphatic carbocycles. The number of ether oxygens (including phenoxy) is 2. The molecule has 0 aliphatic rings. The Balaban J connectivity index is 2.09. The molecule has 0 fully saturated rings. The minimum atomic E-state index is 0.675. The molecule has 2 N–H and O–H groups in total. The van der Waals surface area contributed by atoms with Crippen LogP contribution in [0.5, 0.6) is 17.2 Å². The maximum atomic E-state index is 5.98. The number of anilines is 1. The van der Waals surface area contributed by atoms with Crippen LogP contribution < -0.4 is 15.2 Å². The lowest BCUT2D eigenvalue weighted by Crippen LogP contribution is -1.96. The van der Waals surface area contributed by atoms with E-state index in [1.165, 1.54) is 0 Å². The molecule has 0 bridgehead atoms. The largest absolute Gasteiger partial charge is 0.494 e. The van der Waals surface area contributed by atoms with Gasteiger partial charge in [-0.15, -0.1) is 0 Å². The monoisotopic (exact) mass is 257 g/mol. The third-order valence-corrected chi connectivity index (χ3v) is 2.81. The summed E-state index contributed by atoms with van der Waals surface area (Å²) in [6.45, 7) is 4.77. The summed E-state index contributed by atoms with van der Waals surface area (Å²) in [6, 6.07) is 13.3. The third-order valence-electron chi connectivity index (χ3n) is 2.81. The van der Waals surface area contributed by atoms with Crippen LogP contribution in [0.3, 0.4) is 0 Å². The van der Waals surface area contributed by atoms with Crippen LogP contribution in [-0.4, -0.2) is 6.61 Å². The molecule has 3 nitrogen and oxygen atoms in total. The molecular weight excluding hydrogens is 238 g/mol. The average molecular weight is 257 g/mol. The van der Waals surface area contributed by atoms with Crippen molar-refractivity contribution < 1.29 is 9.47 Å². The summed E-state index contributed by atoms with van der Waals surface area (Å²) < 4.78 is 11.3. The van der Waals surface area contributed by atoms with Crippen LogP contribution in [0.25, 0.3) is 0 Å². The van der Waals surface area contributed by atoms with Gasteiger partial charge in [-0.25, -0.2) is 0 Å². The zero-order valence-electron chi connectivity index (χ0n) is 11.3. The van der Waals surface area contributed by atoms with Crippen LogP contribution in [0.2, 0.25) is 0 Å². The first-order chi connectivity index (χ1) is 9.20. The van der Waals surface area contributed by atoms with Gasteiger partial charge in [-0.05, 0) is 49.2 Å². The zero-order chi connectivity index (χ0) is 13.7. The number of hydrogen-bond donors (Lipinski definition) is 1. The zero-order valence-corrected chi connectivity index (χ0v) is 11.3. The Morgan fingerprint density at radius 1 is 1.00 bits per heavy atom. The highest BCUT2D eigenvalue weighted by Gasteiger charge is 2.04. The first-order valence-corrected chi connectivity index (χ1v) is 6.46. The Kier molecular flexibility index (Phi) is 4.29. The van der Waals surface area contributed by atoms with Gasteiger partial charge in [0.1, 0.15) is 11.5 Å². The van der Waals surface area contributed by atoms with Gasteiger partial charge in [-0.2, -0.15) is 0 Å². The van der Waals surface area contributed by atoms with Crippen molar-refractivity contribution in [3.05, 3.63) is 48.0 Å². The van der Waals surface area contributed by atoms with Gasteiger partial charge in [0.05, 0.1) is 12.3 Å². The minimum absolute atomic E-state index is 0.675. The van der Waals surface area contributed by atoms with Crippen molar-refractivity contribution in [1.82, 2.24) is 0 Å². The number of aryl methyl sites for hydroxylation is 1. The molecule has 2 aromatic rings. The number of hydrogen-bond acceptors (Lipinski definition) is 3. The quantitative estimate of drug-likeness (QED) is 0.818. The van der Waals surface area contributed by atoms with Crippen LogP contribution >= 0.6 is 0 Å². The van der Waals surface area contributed by atoms with Gasteiger partial charge in [0.15, 0.2) is 5.75 Å². The standard InChI is InChI=1S/C16H19NO2/c1-3-11-18-13-7-9-14(10-8-13)19-15-6-4-5-12(2)16(15)17/h4-10H,3,11,17H2,1-2H3. The molecule has 0 radical (unpaired) electrons. The molecule has 0 unspecified atom stereocenters. The SMILES string of the molecule is CCCOc1ccc(Oc2cccc(C)c2N)cc1. The van der Waals surface area contributed by atoms with Gasteiger partial charge in [0.25, 0.3) is 0 Å². The van der Waals surface area contributed by atoms with Gasteiger partial charge in [0.2, 0.25) is 0 Å². The summed E-state index contributed by atoms with van der Waals surface area (Å²) in [5.41, 5.74) is 7.67. The fourth-order valence-corrected chi connectivity index (χ4v) is 1.69. The summed E-state index contributed by atoms with van der Waals surface area (Å²) >= 11 is 0. The highest BCUT2D eigenvalue weighted by molar-refractivity contribution is 5.59. The molecule has 3 heteroatoms. The van der Waals surface area contributed by atoms with E-state index in [1.807, 2.05) is 49.4 Å². The molecule has 0 spiro atoms. The van der Waals surface area contributed by atoms with Gasteiger partial charge in [-0.3, -0.25) is 0 Å². The van der Waals surface area contributed by atoms with Crippen molar-refractivity contribution in [3.63, 3.8) is 0 Å². The van der Waals surface area contributed by atoms with E-state index in [4.69, 9.17) is 15.2 Å². The van der Waals surface area contributed by atoms with E-state index in [-0.39, 0.29) is 0 Å². The first-order valence-electron chi connectivity index (χ1n) is 6.46. The van der Waals surface area contributed by atoms with E-state index in [0.717, 1.165) is 30.1 Å². The maximum absolute atomic E-state index is 5.98. The minimum Gasteiger partial charge on any atom is -0.494 e. The highest BCUT2D eigenvalue weighted by atomic mass is 16.5. The molecule has 100 valence electrons. The van der Waals surface area contributed by atoms with Crippen molar-refractivity contribution in [3.8, 4) is 17.2 Å². The molecule has 0 aromatic heterocycles. The van der Waals surface area contributed by atoms with Crippen molar-refractivity contribution in [1.29, 1.82) is 0 Å². The number of para-hydroxylation sites is 1. The first kappa shape index (κ1) is 13.3. The van der Waals surface area contributed by atoms with Gasteiger partial charge in [0, 0.05) is 0 Å². The number of nitrogens with two attached hydrogens (primary N) is 1. The Labute approximate surface area is 114 Å². The lowest BCUT2D eigenvalue weighted by Gasteiger charge is -2.11. The topological polar surface area (TPSA) is 44.5 Å². The van der Waals surface area contributed by atoms with Gasteiger partial charge >= 0.3 is 0 Å². The van der Waals surface area contributed by atoms with Crippen LogP contribution in [0, 0.1) is 6.92 Å². The van der Waals surface area contributed by atoms with Crippen molar-refractivity contribution in [2.24, 2.45) is 0 Å². The number of rotatable bonds is 5. The predicted octanol–water partition coefficient (Wildman–Crippen LogP) is 4.16. The number of benzene rings is 2. The van der Waals surface area contributed by atoms with Gasteiger partial charge < -0.3 is 15.2 Å². The second kappa shape index (κ2) is 6.14. The normalized spacial score (nSPS) is 10.2. The fraction of sp³-hybridized carbons (Fsp3) is 0.250. The fourth-order valence-electron chi connectivity index (χ4n) is 1.69. The molecule has 19 heavy (non-hydrogen) atoms. The molecule has 2 aromatic carbocycles. The van der Waals surface area contributed by atoms with E-state index in [0.29, 0.717) is 11.4 Å². The summed E-state index contributed by atoms with van der Waals surface area (Å²) in [4.78, 5) is 0. The van der Waals surface area contributed by atoms with Crippen molar-refractivity contribution >= 4 is 5.69 Å². The van der Waals surface area contributed by atoms with Crippen LogP contribution in [0.1, 0.15) is 18.9 Å². The molecule has 0 saturated heterocycles. The van der Waals surface area contributed by atoms with E-state index >= 15 is 0 Å². The highest BCUT2D eigenvalue weighted by Crippen LogP contribution is 2.30. The Hall–Kier alpha value is -2.16. The summed E-state index contributed by atoms with van der Waals surface area (Å²) in [7, 11) is 0. The van der Waals surface area contributed by atoms with Crippen LogP contribution in [-0.2, 0) is 0 Å². The van der Waals surface area contributed by atoms with E-state index in [9.17, 15) is 0 Å². The molecule has 0 amide bonds. The molecule has 2 rings (SSSR count). The molecule has 0 atom stereocenters. The Bertz CT molecular complexity index is 535. The molecule has 0 saturated carbocycles. The smallest absolute Gasteiger partial charge is 0.150 e. The van der Waals surface area contributed by atoms with Crippen LogP contribution in [0.4, 0.5) is 5.69 Å². The maximum Gasteiger partial charge on any atom is 0.150 e. The van der Waals surface area contributed by atoms with E-state index in [2.05, 4.69) is 6.92 Å². The average Bonchev–Trinajstić information content (AvgIpc) is 2.43. The lowest BCUT2D eigenvalue weighted by molar-refractivity contribution is 0.317. The van der Waals surface area contributed by atoms with E-state index in [1.54, 1.807) is 0 Å². The van der Waals surface area contributed by atoms with Crippen molar-refractivity contribution in [2.75, 3.05) is 12.3 Å². The summed E-state index contributed by atoms with van der Waals surface area (Å²) in [5, 5.41) is 0. The van der Waals surface area contributed by atoms with Crippen LogP contribution in [0.15, 0.2) is 42.5 Å². The molecular formula is C16H19NO2. The Morgan fingerprint density at radius 3 is 2.37 bits per heavy atom. The second-order valence-corrected chi connectivity index (χ2v) is 4.41. The predicted molar refractivity (Wildman–Crippen MR) is 77.9 cm³/mol. The van der Waals surface area contributed by atoms with E-state index < -0.39 is 0 Å². The molecule has 0 heterocycles. The number of nitrogen functional groups attached to an aromatic ring is 1. The summed E-state index contributed by atoms with van der Waals surface area (Å²) in [6.07, 6.45) is 0.998. The lowest BCUT2D eigenvalue weighted by atomic mass is 10.2. The third kappa shape index (κ3) is 3.41. The summed E-state index contributed by atoms with van der Waals surface area (Å²) in [5.74, 6) is 2.29. The molecule has 0 aliphatic heterocycles.